The van der Waals surface area contributed by atoms with Gasteiger partial charge < -0.3 is 5.11 Å². The summed E-state index contributed by atoms with van der Waals surface area (Å²) < 4.78 is 3.41. The molecule has 27 heavy (non-hydrogen) atoms. The van der Waals surface area contributed by atoms with E-state index in [9.17, 15) is 9.90 Å². The normalized spacial score (nSPS) is 12.7. The molecule has 3 aromatic rings. The Morgan fingerprint density at radius 2 is 1.74 bits per heavy atom. The molecule has 5 nitrogen and oxygen atoms in total. The van der Waals surface area contributed by atoms with Gasteiger partial charge in [-0.2, -0.15) is 0 Å². The zero-order valence-electron chi connectivity index (χ0n) is 17.3. The van der Waals surface area contributed by atoms with Gasteiger partial charge in [0, 0.05) is 19.2 Å². The maximum atomic E-state index is 12.7. The number of nitrogens with zero attached hydrogens (tertiary/aromatic N) is 3. The van der Waals surface area contributed by atoms with Crippen molar-refractivity contribution in [3.8, 4) is 11.3 Å². The Hall–Kier alpha value is -2.40. The molecule has 1 N–H and O–H groups in total. The number of hydrogen-bond acceptors (Lipinski definition) is 3. The molecule has 144 valence electrons. The highest BCUT2D eigenvalue weighted by molar-refractivity contribution is 5.77. The molecule has 0 saturated heterocycles. The first-order chi connectivity index (χ1) is 12.4. The summed E-state index contributed by atoms with van der Waals surface area (Å²) in [6.45, 7) is 12.6. The van der Waals surface area contributed by atoms with Crippen molar-refractivity contribution in [2.45, 2.75) is 53.7 Å². The van der Waals surface area contributed by atoms with E-state index in [0.717, 1.165) is 27.9 Å². The number of hydrogen-bond donors (Lipinski definition) is 1. The molecule has 0 spiro atoms. The summed E-state index contributed by atoms with van der Waals surface area (Å²) in [6, 6.07) is 9.84. The van der Waals surface area contributed by atoms with Crippen molar-refractivity contribution in [2.24, 2.45) is 12.5 Å². The van der Waals surface area contributed by atoms with Gasteiger partial charge in [-0.3, -0.25) is 9.13 Å². The van der Waals surface area contributed by atoms with Crippen LogP contribution in [0.15, 0.2) is 35.1 Å². The fourth-order valence-electron chi connectivity index (χ4n) is 3.33. The number of rotatable bonds is 3. The molecule has 0 aliphatic heterocycles. The van der Waals surface area contributed by atoms with E-state index < -0.39 is 5.60 Å². The van der Waals surface area contributed by atoms with E-state index in [-0.39, 0.29) is 11.1 Å². The third-order valence-corrected chi connectivity index (χ3v) is 4.83. The average molecular weight is 367 g/mol. The molecular weight excluding hydrogens is 338 g/mol. The number of pyridine rings is 1. The molecule has 1 aromatic carbocycles. The molecule has 5 heteroatoms. The van der Waals surface area contributed by atoms with E-state index in [1.807, 2.05) is 37.3 Å². The molecule has 0 aliphatic rings. The minimum Gasteiger partial charge on any atom is -0.386 e. The first kappa shape index (κ1) is 19.4. The van der Waals surface area contributed by atoms with Gasteiger partial charge in [-0.05, 0) is 55.5 Å². The van der Waals surface area contributed by atoms with Crippen LogP contribution >= 0.6 is 0 Å². The lowest BCUT2D eigenvalue weighted by Gasteiger charge is -2.20. The summed E-state index contributed by atoms with van der Waals surface area (Å²) in [6.07, 6.45) is 0. The zero-order chi connectivity index (χ0) is 20.1. The van der Waals surface area contributed by atoms with Crippen molar-refractivity contribution in [1.29, 1.82) is 0 Å². The van der Waals surface area contributed by atoms with Crippen LogP contribution < -0.4 is 5.69 Å². The van der Waals surface area contributed by atoms with Crippen molar-refractivity contribution in [3.63, 3.8) is 0 Å². The molecule has 3 rings (SSSR count). The van der Waals surface area contributed by atoms with Gasteiger partial charge in [0.05, 0.1) is 16.8 Å². The molecule has 0 saturated carbocycles. The minimum absolute atomic E-state index is 0.00555. The summed E-state index contributed by atoms with van der Waals surface area (Å²) in [5.41, 5.74) is 4.23. The van der Waals surface area contributed by atoms with Crippen molar-refractivity contribution in [1.82, 2.24) is 14.1 Å². The highest BCUT2D eigenvalue weighted by Gasteiger charge is 2.20. The maximum absolute atomic E-state index is 12.7. The van der Waals surface area contributed by atoms with Crippen LogP contribution in [0, 0.1) is 12.3 Å². The van der Waals surface area contributed by atoms with E-state index >= 15 is 0 Å². The molecule has 0 atom stereocenters. The fraction of sp³-hybridized carbons (Fsp3) is 0.455. The summed E-state index contributed by atoms with van der Waals surface area (Å²) in [7, 11) is 1.76. The Morgan fingerprint density at radius 1 is 1.07 bits per heavy atom. The van der Waals surface area contributed by atoms with Gasteiger partial charge >= 0.3 is 5.69 Å². The number of benzene rings is 1. The van der Waals surface area contributed by atoms with Crippen LogP contribution in [0.4, 0.5) is 0 Å². The molecule has 0 aliphatic carbocycles. The van der Waals surface area contributed by atoms with E-state index in [0.29, 0.717) is 12.2 Å². The topological polar surface area (TPSA) is 60.1 Å². The predicted octanol–water partition coefficient (Wildman–Crippen LogP) is 3.98. The summed E-state index contributed by atoms with van der Waals surface area (Å²) >= 11 is 0. The third-order valence-electron chi connectivity index (χ3n) is 4.83. The van der Waals surface area contributed by atoms with Crippen molar-refractivity contribution < 1.29 is 5.11 Å². The van der Waals surface area contributed by atoms with Gasteiger partial charge in [-0.15, -0.1) is 0 Å². The predicted molar refractivity (Wildman–Crippen MR) is 110 cm³/mol. The lowest BCUT2D eigenvalue weighted by atomic mass is 9.93. The lowest BCUT2D eigenvalue weighted by molar-refractivity contribution is 0.0786. The van der Waals surface area contributed by atoms with Crippen LogP contribution in [0.3, 0.4) is 0 Å². The van der Waals surface area contributed by atoms with Crippen molar-refractivity contribution in [2.75, 3.05) is 0 Å². The SMILES string of the molecule is Cc1ccc(C(C)(C)O)cc1-c1ccc2c(n1)n(C)c(=O)n2CC(C)(C)C. The van der Waals surface area contributed by atoms with Crippen molar-refractivity contribution >= 4 is 11.2 Å². The fourth-order valence-corrected chi connectivity index (χ4v) is 3.33. The number of aromatic nitrogens is 3. The Balaban J connectivity index is 2.19. The zero-order valence-corrected chi connectivity index (χ0v) is 17.3. The summed E-state index contributed by atoms with van der Waals surface area (Å²) in [5, 5.41) is 10.3. The average Bonchev–Trinajstić information content (AvgIpc) is 2.77. The van der Waals surface area contributed by atoms with Crippen LogP contribution in [-0.4, -0.2) is 19.2 Å². The molecular formula is C22H29N3O2. The van der Waals surface area contributed by atoms with Gasteiger partial charge in [0.2, 0.25) is 0 Å². The second kappa shape index (κ2) is 6.34. The van der Waals surface area contributed by atoms with Gasteiger partial charge in [0.15, 0.2) is 5.65 Å². The first-order valence-electron chi connectivity index (χ1n) is 9.29. The maximum Gasteiger partial charge on any atom is 0.330 e. The van der Waals surface area contributed by atoms with E-state index in [1.165, 1.54) is 0 Å². The molecule has 0 amide bonds. The van der Waals surface area contributed by atoms with Crippen LogP contribution in [0.2, 0.25) is 0 Å². The standard InChI is InChI=1S/C22H29N3O2/c1-14-8-9-15(22(5,6)27)12-16(14)17-10-11-18-19(23-17)24(7)20(26)25(18)13-21(2,3)4/h8-12,27H,13H2,1-7H3. The minimum atomic E-state index is -0.921. The second-order valence-corrected chi connectivity index (χ2v) is 9.12. The van der Waals surface area contributed by atoms with E-state index in [4.69, 9.17) is 4.98 Å². The lowest BCUT2D eigenvalue weighted by Crippen LogP contribution is -2.27. The second-order valence-electron chi connectivity index (χ2n) is 9.12. The number of aliphatic hydroxyl groups is 1. The number of fused-ring (bicyclic) bond motifs is 1. The molecule has 2 aromatic heterocycles. The van der Waals surface area contributed by atoms with Crippen LogP contribution in [0.25, 0.3) is 22.4 Å². The quantitative estimate of drug-likeness (QED) is 0.762. The summed E-state index contributed by atoms with van der Waals surface area (Å²) in [4.78, 5) is 17.5. The molecule has 0 unspecified atom stereocenters. The number of aryl methyl sites for hydroxylation is 2. The Labute approximate surface area is 160 Å². The van der Waals surface area contributed by atoms with Gasteiger partial charge in [0.1, 0.15) is 0 Å². The van der Waals surface area contributed by atoms with Gasteiger partial charge in [-0.1, -0.05) is 32.9 Å². The van der Waals surface area contributed by atoms with Crippen LogP contribution in [-0.2, 0) is 19.2 Å². The molecule has 2 heterocycles. The molecule has 0 fully saturated rings. The van der Waals surface area contributed by atoms with Crippen LogP contribution in [0.5, 0.6) is 0 Å². The largest absolute Gasteiger partial charge is 0.386 e. The summed E-state index contributed by atoms with van der Waals surface area (Å²) in [5.74, 6) is 0. The first-order valence-corrected chi connectivity index (χ1v) is 9.29. The molecule has 0 radical (unpaired) electrons. The smallest absolute Gasteiger partial charge is 0.330 e. The van der Waals surface area contributed by atoms with E-state index in [1.54, 1.807) is 30.0 Å². The monoisotopic (exact) mass is 367 g/mol. The molecule has 0 bridgehead atoms. The van der Waals surface area contributed by atoms with Crippen molar-refractivity contribution in [3.05, 3.63) is 51.9 Å². The van der Waals surface area contributed by atoms with E-state index in [2.05, 4.69) is 20.8 Å². The Bertz CT molecular complexity index is 1060. The number of imidazole rings is 1. The van der Waals surface area contributed by atoms with Crippen LogP contribution in [0.1, 0.15) is 45.7 Å². The highest BCUT2D eigenvalue weighted by Crippen LogP contribution is 2.29. The van der Waals surface area contributed by atoms with Gasteiger partial charge in [0.25, 0.3) is 0 Å². The third kappa shape index (κ3) is 3.69. The Kier molecular flexibility index (Phi) is 4.55. The Morgan fingerprint density at radius 3 is 2.33 bits per heavy atom. The van der Waals surface area contributed by atoms with Gasteiger partial charge in [-0.25, -0.2) is 9.78 Å². The highest BCUT2D eigenvalue weighted by atomic mass is 16.3.